The molecule has 0 radical (unpaired) electrons. The molecule has 0 bridgehead atoms. The van der Waals surface area contributed by atoms with Gasteiger partial charge in [0.05, 0.1) is 18.0 Å². The first-order chi connectivity index (χ1) is 19.3. The van der Waals surface area contributed by atoms with E-state index in [1.54, 1.807) is 31.1 Å². The van der Waals surface area contributed by atoms with E-state index in [0.717, 1.165) is 35.1 Å². The van der Waals surface area contributed by atoms with E-state index in [1.165, 1.54) is 11.0 Å². The van der Waals surface area contributed by atoms with Gasteiger partial charge in [-0.1, -0.05) is 17.3 Å². The van der Waals surface area contributed by atoms with Gasteiger partial charge in [-0.2, -0.15) is 10.5 Å². The minimum atomic E-state index is -0.901. The number of carbonyl (C=O) groups excluding carboxylic acids is 2. The third-order valence-electron chi connectivity index (χ3n) is 8.63. The molecular weight excluding hydrogens is 511 g/mol. The van der Waals surface area contributed by atoms with E-state index in [9.17, 15) is 19.2 Å². The van der Waals surface area contributed by atoms with Gasteiger partial charge in [-0.15, -0.1) is 10.2 Å². The van der Waals surface area contributed by atoms with Gasteiger partial charge in [-0.3, -0.25) is 9.59 Å². The summed E-state index contributed by atoms with van der Waals surface area (Å²) in [5.74, 6) is 0.402. The van der Waals surface area contributed by atoms with Crippen molar-refractivity contribution in [1.82, 2.24) is 35.7 Å². The second kappa shape index (κ2) is 10.1. The molecule has 2 aromatic carbocycles. The minimum Gasteiger partial charge on any atom is -0.345 e. The lowest BCUT2D eigenvalue weighted by Crippen LogP contribution is -2.44. The van der Waals surface area contributed by atoms with E-state index in [0.29, 0.717) is 43.1 Å². The maximum Gasteiger partial charge on any atom is 0.253 e. The Morgan fingerprint density at radius 1 is 1.18 bits per heavy atom. The van der Waals surface area contributed by atoms with E-state index in [4.69, 9.17) is 0 Å². The van der Waals surface area contributed by atoms with Crippen molar-refractivity contribution in [3.8, 4) is 6.07 Å². The van der Waals surface area contributed by atoms with Crippen LogP contribution in [0.25, 0.3) is 0 Å². The summed E-state index contributed by atoms with van der Waals surface area (Å²) >= 11 is 0. The number of nitriles is 1. The fourth-order valence-electron chi connectivity index (χ4n) is 6.67. The van der Waals surface area contributed by atoms with E-state index < -0.39 is 5.41 Å². The number of nitrogens with one attached hydrogen (secondary N) is 2. The van der Waals surface area contributed by atoms with Gasteiger partial charge < -0.3 is 15.1 Å². The molecule has 1 aromatic heterocycles. The van der Waals surface area contributed by atoms with Gasteiger partial charge in [-0.05, 0) is 91.1 Å². The molecule has 6 rings (SSSR count). The highest BCUT2D eigenvalue weighted by Gasteiger charge is 2.54. The van der Waals surface area contributed by atoms with Crippen LogP contribution in [0.15, 0.2) is 36.4 Å². The largest absolute Gasteiger partial charge is 0.345 e. The monoisotopic (exact) mass is 542 g/mol. The first-order valence-electron chi connectivity index (χ1n) is 13.6. The highest BCUT2D eigenvalue weighted by molar-refractivity contribution is 5.94. The molecule has 2 unspecified atom stereocenters. The molecule has 1 aliphatic heterocycles. The average Bonchev–Trinajstić information content (AvgIpc) is 3.34. The summed E-state index contributed by atoms with van der Waals surface area (Å²) < 4.78 is 14.5. The summed E-state index contributed by atoms with van der Waals surface area (Å²) in [6, 6.07) is 12.6. The highest BCUT2D eigenvalue weighted by atomic mass is 19.1. The second-order valence-corrected chi connectivity index (χ2v) is 11.2. The van der Waals surface area contributed by atoms with E-state index >= 15 is 0 Å². The Morgan fingerprint density at radius 3 is 2.62 bits per heavy atom. The van der Waals surface area contributed by atoms with Gasteiger partial charge in [-0.25, -0.2) is 4.39 Å². The number of rotatable bonds is 7. The van der Waals surface area contributed by atoms with Crippen LogP contribution in [-0.2, 0) is 23.1 Å². The first kappa shape index (κ1) is 26.1. The quantitative estimate of drug-likeness (QED) is 0.437. The van der Waals surface area contributed by atoms with E-state index in [2.05, 4.69) is 32.0 Å². The van der Waals surface area contributed by atoms with Crippen molar-refractivity contribution in [2.24, 2.45) is 5.92 Å². The number of hydrogen-bond acceptors (Lipinski definition) is 7. The van der Waals surface area contributed by atoms with Gasteiger partial charge in [0.2, 0.25) is 5.91 Å². The summed E-state index contributed by atoms with van der Waals surface area (Å²) in [7, 11) is 3.43. The molecule has 3 aliphatic rings. The van der Waals surface area contributed by atoms with Crippen molar-refractivity contribution >= 4 is 11.8 Å². The molecule has 2 N–H and O–H groups in total. The zero-order valence-electron chi connectivity index (χ0n) is 22.5. The molecule has 11 heteroatoms. The van der Waals surface area contributed by atoms with E-state index in [1.807, 2.05) is 18.2 Å². The Morgan fingerprint density at radius 2 is 1.93 bits per heavy atom. The molecule has 2 aliphatic carbocycles. The molecule has 4 atom stereocenters. The molecule has 1 saturated carbocycles. The Kier molecular flexibility index (Phi) is 6.58. The molecule has 10 nitrogen and oxygen atoms in total. The number of fused-ring (bicyclic) bond motifs is 3. The summed E-state index contributed by atoms with van der Waals surface area (Å²) in [6.45, 7) is 0.539. The van der Waals surface area contributed by atoms with Crippen LogP contribution >= 0.6 is 0 Å². The molecular formula is C29H31FN8O2. The predicted octanol–water partition coefficient (Wildman–Crippen LogP) is 1.97. The third kappa shape index (κ3) is 4.32. The standard InChI is InChI=1S/C29H31FN8O2/c1-37(2)27(40)19-5-7-23-17(11-19)3-4-18-12-21(30)6-8-24(18)29(23,28-33-35-36-34-28)9-10-32-16-26(39)38-22(15-31)13-20-14-25(20)38/h5-8,11-12,20,22,25,32H,3-4,9-10,13-14,16H2,1-2H3,(H,33,34,35,36)/t20-,22?,25+,29?/m1/s1. The fraction of sp³-hybridized carbons (Fsp3) is 0.448. The molecule has 40 heavy (non-hydrogen) atoms. The lowest BCUT2D eigenvalue weighted by molar-refractivity contribution is -0.131. The van der Waals surface area contributed by atoms with Crippen LogP contribution in [0.3, 0.4) is 0 Å². The normalized spacial score (nSPS) is 24.4. The first-order valence-corrected chi connectivity index (χ1v) is 13.6. The number of benzene rings is 2. The van der Waals surface area contributed by atoms with Crippen LogP contribution in [0.5, 0.6) is 0 Å². The van der Waals surface area contributed by atoms with Crippen molar-refractivity contribution in [3.05, 3.63) is 75.9 Å². The number of hydrogen-bond donors (Lipinski definition) is 2. The smallest absolute Gasteiger partial charge is 0.253 e. The van der Waals surface area contributed by atoms with Crippen LogP contribution in [0.1, 0.15) is 57.7 Å². The number of aromatic nitrogens is 4. The van der Waals surface area contributed by atoms with Crippen molar-refractivity contribution in [1.29, 1.82) is 5.26 Å². The summed E-state index contributed by atoms with van der Waals surface area (Å²) in [5.41, 5.74) is 3.27. The summed E-state index contributed by atoms with van der Waals surface area (Å²) in [4.78, 5) is 29.1. The highest BCUT2D eigenvalue weighted by Crippen LogP contribution is 2.48. The Bertz CT molecular complexity index is 1500. The van der Waals surface area contributed by atoms with Gasteiger partial charge >= 0.3 is 0 Å². The molecule has 2 heterocycles. The maximum absolute atomic E-state index is 14.5. The SMILES string of the molecule is CN(C)C(=O)c1ccc2c(c1)CCc1cc(F)ccc1C2(CCNCC(=O)N1C(C#N)C[C@@H]2C[C@@H]21)c1nn[nH]n1. The number of aromatic amines is 1. The number of amides is 2. The topological polar surface area (TPSA) is 131 Å². The molecule has 1 saturated heterocycles. The van der Waals surface area contributed by atoms with Crippen molar-refractivity contribution < 1.29 is 14.0 Å². The zero-order chi connectivity index (χ0) is 28.0. The Hall–Kier alpha value is -4.17. The number of nitrogens with zero attached hydrogens (tertiary/aromatic N) is 6. The third-order valence-corrected chi connectivity index (χ3v) is 8.63. The Balaban J connectivity index is 1.35. The predicted molar refractivity (Wildman–Crippen MR) is 143 cm³/mol. The van der Waals surface area contributed by atoms with Crippen molar-refractivity contribution in [2.45, 2.75) is 49.6 Å². The van der Waals surface area contributed by atoms with Gasteiger partial charge in [0.1, 0.15) is 11.9 Å². The number of aryl methyl sites for hydroxylation is 2. The van der Waals surface area contributed by atoms with Crippen LogP contribution in [-0.4, -0.2) is 81.5 Å². The van der Waals surface area contributed by atoms with Crippen LogP contribution in [0, 0.1) is 23.1 Å². The Labute approximate surface area is 231 Å². The zero-order valence-corrected chi connectivity index (χ0v) is 22.5. The molecule has 2 fully saturated rings. The summed E-state index contributed by atoms with van der Waals surface area (Å²) in [5, 5.41) is 28.1. The number of tetrazole rings is 1. The molecule has 2 amide bonds. The fourth-order valence-corrected chi connectivity index (χ4v) is 6.67. The maximum atomic E-state index is 14.5. The number of halogens is 1. The van der Waals surface area contributed by atoms with Crippen molar-refractivity contribution in [2.75, 3.05) is 27.2 Å². The van der Waals surface area contributed by atoms with Crippen LogP contribution in [0.4, 0.5) is 4.39 Å². The molecule has 3 aromatic rings. The number of piperidine rings is 1. The minimum absolute atomic E-state index is 0.0688. The molecule has 0 spiro atoms. The number of H-pyrrole nitrogens is 1. The van der Waals surface area contributed by atoms with Crippen LogP contribution < -0.4 is 5.32 Å². The number of carbonyl (C=O) groups is 2. The number of likely N-dealkylation sites (tertiary alicyclic amines) is 1. The lowest BCUT2D eigenvalue weighted by atomic mass is 9.69. The van der Waals surface area contributed by atoms with Crippen LogP contribution in [0.2, 0.25) is 0 Å². The van der Waals surface area contributed by atoms with Gasteiger partial charge in [0.15, 0.2) is 5.82 Å². The average molecular weight is 543 g/mol. The summed E-state index contributed by atoms with van der Waals surface area (Å²) in [6.07, 6.45) is 3.39. The van der Waals surface area contributed by atoms with Gasteiger partial charge in [0.25, 0.3) is 5.91 Å². The lowest BCUT2D eigenvalue weighted by Gasteiger charge is -2.34. The van der Waals surface area contributed by atoms with Crippen molar-refractivity contribution in [3.63, 3.8) is 0 Å². The second-order valence-electron chi connectivity index (χ2n) is 11.2. The van der Waals surface area contributed by atoms with Gasteiger partial charge in [0, 0.05) is 25.7 Å². The molecule has 206 valence electrons. The van der Waals surface area contributed by atoms with E-state index in [-0.39, 0.29) is 36.3 Å².